The minimum Gasteiger partial charge on any atom is -0.434 e. The van der Waals surface area contributed by atoms with Crippen LogP contribution in [0.5, 0.6) is 5.75 Å². The molecule has 5 nitrogen and oxygen atoms in total. The van der Waals surface area contributed by atoms with Crippen LogP contribution in [-0.4, -0.2) is 39.4 Å². The number of nitrogens with zero attached hydrogens (tertiary/aromatic N) is 1. The lowest BCUT2D eigenvalue weighted by Gasteiger charge is -2.30. The van der Waals surface area contributed by atoms with E-state index in [9.17, 15) is 8.78 Å². The number of benzene rings is 1. The summed E-state index contributed by atoms with van der Waals surface area (Å²) in [7, 11) is 1.74. The van der Waals surface area contributed by atoms with E-state index in [4.69, 9.17) is 4.74 Å². The molecule has 0 aromatic heterocycles. The number of ether oxygens (including phenoxy) is 2. The Kier molecular flexibility index (Phi) is 8.78. The monoisotopic (exact) mass is 383 g/mol. The minimum atomic E-state index is -2.84. The number of hydrogen-bond donors (Lipinski definition) is 2. The number of guanidine groups is 1. The normalized spacial score (nSPS) is 16.6. The van der Waals surface area contributed by atoms with Crippen LogP contribution in [0.25, 0.3) is 0 Å². The third-order valence-electron chi connectivity index (χ3n) is 5.07. The van der Waals surface area contributed by atoms with E-state index in [2.05, 4.69) is 20.4 Å². The van der Waals surface area contributed by atoms with E-state index in [1.165, 1.54) is 31.7 Å². The topological polar surface area (TPSA) is 54.9 Å². The molecular formula is C20H31F2N3O2. The summed E-state index contributed by atoms with van der Waals surface area (Å²) >= 11 is 0. The zero-order chi connectivity index (χ0) is 19.5. The van der Waals surface area contributed by atoms with Gasteiger partial charge in [-0.15, -0.1) is 0 Å². The molecule has 1 fully saturated rings. The molecule has 1 aromatic carbocycles. The zero-order valence-electron chi connectivity index (χ0n) is 16.3. The van der Waals surface area contributed by atoms with Crippen LogP contribution in [0, 0.1) is 5.41 Å². The van der Waals surface area contributed by atoms with Gasteiger partial charge in [0.25, 0.3) is 0 Å². The van der Waals surface area contributed by atoms with Gasteiger partial charge in [-0.3, -0.25) is 0 Å². The molecular weight excluding hydrogens is 352 g/mol. The summed E-state index contributed by atoms with van der Waals surface area (Å²) in [5, 5.41) is 6.67. The first-order valence-electron chi connectivity index (χ1n) is 9.62. The van der Waals surface area contributed by atoms with Gasteiger partial charge in [0.05, 0.1) is 6.54 Å². The maximum absolute atomic E-state index is 12.6. The Morgan fingerprint density at radius 1 is 1.22 bits per heavy atom. The summed E-state index contributed by atoms with van der Waals surface area (Å²) in [6.07, 6.45) is 5.90. The first kappa shape index (κ1) is 21.4. The van der Waals surface area contributed by atoms with Gasteiger partial charge in [0.15, 0.2) is 5.96 Å². The van der Waals surface area contributed by atoms with Crippen molar-refractivity contribution >= 4 is 5.96 Å². The van der Waals surface area contributed by atoms with Crippen molar-refractivity contribution in [3.63, 3.8) is 0 Å². The summed E-state index contributed by atoms with van der Waals surface area (Å²) < 4.78 is 35.0. The Labute approximate surface area is 160 Å². The van der Waals surface area contributed by atoms with Crippen molar-refractivity contribution < 1.29 is 18.3 Å². The first-order valence-corrected chi connectivity index (χ1v) is 9.62. The van der Waals surface area contributed by atoms with Crippen molar-refractivity contribution in [2.75, 3.05) is 26.8 Å². The van der Waals surface area contributed by atoms with Gasteiger partial charge in [-0.25, -0.2) is 4.99 Å². The predicted molar refractivity (Wildman–Crippen MR) is 103 cm³/mol. The molecule has 1 aromatic rings. The summed E-state index contributed by atoms with van der Waals surface area (Å²) in [5.74, 6) is 0.854. The molecule has 0 saturated heterocycles. The maximum Gasteiger partial charge on any atom is 0.387 e. The zero-order valence-corrected chi connectivity index (χ0v) is 16.3. The van der Waals surface area contributed by atoms with E-state index in [1.807, 2.05) is 6.92 Å². The fourth-order valence-corrected chi connectivity index (χ4v) is 3.58. The highest BCUT2D eigenvalue weighted by Gasteiger charge is 2.33. The summed E-state index contributed by atoms with van der Waals surface area (Å²) in [6, 6.07) is 6.76. The first-order chi connectivity index (χ1) is 13.1. The van der Waals surface area contributed by atoms with Crippen LogP contribution >= 0.6 is 0 Å². The maximum atomic E-state index is 12.6. The number of halogens is 2. The number of methoxy groups -OCH3 is 1. The van der Waals surface area contributed by atoms with E-state index in [0.29, 0.717) is 11.5 Å². The van der Waals surface area contributed by atoms with E-state index in [0.717, 1.165) is 26.1 Å². The number of alkyl halides is 2. The SMILES string of the molecule is CCNC(=NCc1ccccc1OC(F)F)NCC1(CCOC)CCCC1. The summed E-state index contributed by atoms with van der Waals surface area (Å²) in [4.78, 5) is 4.56. The van der Waals surface area contributed by atoms with Crippen molar-refractivity contribution in [1.29, 1.82) is 0 Å². The molecule has 0 spiro atoms. The van der Waals surface area contributed by atoms with Crippen LogP contribution in [-0.2, 0) is 11.3 Å². The van der Waals surface area contributed by atoms with Crippen LogP contribution in [0.2, 0.25) is 0 Å². The Morgan fingerprint density at radius 2 is 1.96 bits per heavy atom. The molecule has 0 bridgehead atoms. The van der Waals surface area contributed by atoms with Crippen molar-refractivity contribution in [2.45, 2.75) is 52.2 Å². The Morgan fingerprint density at radius 3 is 2.63 bits per heavy atom. The molecule has 152 valence electrons. The van der Waals surface area contributed by atoms with Crippen molar-refractivity contribution in [2.24, 2.45) is 10.4 Å². The molecule has 27 heavy (non-hydrogen) atoms. The molecule has 1 aliphatic rings. The van der Waals surface area contributed by atoms with Crippen molar-refractivity contribution in [3.8, 4) is 5.75 Å². The Hall–Kier alpha value is -1.89. The van der Waals surface area contributed by atoms with E-state index < -0.39 is 6.61 Å². The second-order valence-electron chi connectivity index (χ2n) is 6.98. The molecule has 7 heteroatoms. The van der Waals surface area contributed by atoms with E-state index in [-0.39, 0.29) is 17.7 Å². The van der Waals surface area contributed by atoms with E-state index in [1.54, 1.807) is 25.3 Å². The van der Waals surface area contributed by atoms with Crippen LogP contribution in [0.3, 0.4) is 0 Å². The van der Waals surface area contributed by atoms with Crippen molar-refractivity contribution in [3.05, 3.63) is 29.8 Å². The van der Waals surface area contributed by atoms with Gasteiger partial charge in [-0.1, -0.05) is 31.0 Å². The van der Waals surface area contributed by atoms with Gasteiger partial charge in [-0.2, -0.15) is 8.78 Å². The number of rotatable bonds is 10. The fraction of sp³-hybridized carbons (Fsp3) is 0.650. The summed E-state index contributed by atoms with van der Waals surface area (Å²) in [5.41, 5.74) is 0.869. The highest BCUT2D eigenvalue weighted by atomic mass is 19.3. The van der Waals surface area contributed by atoms with Gasteiger partial charge >= 0.3 is 6.61 Å². The third kappa shape index (κ3) is 6.97. The molecule has 0 radical (unpaired) electrons. The van der Waals surface area contributed by atoms with Gasteiger partial charge < -0.3 is 20.1 Å². The highest BCUT2D eigenvalue weighted by molar-refractivity contribution is 5.79. The summed E-state index contributed by atoms with van der Waals surface area (Å²) in [6.45, 7) is 1.74. The average Bonchev–Trinajstić information content (AvgIpc) is 3.12. The second-order valence-corrected chi connectivity index (χ2v) is 6.98. The van der Waals surface area contributed by atoms with Gasteiger partial charge in [0.1, 0.15) is 5.75 Å². The molecule has 0 unspecified atom stereocenters. The number of hydrogen-bond acceptors (Lipinski definition) is 3. The van der Waals surface area contributed by atoms with Crippen LogP contribution in [0.4, 0.5) is 8.78 Å². The molecule has 0 amide bonds. The fourth-order valence-electron chi connectivity index (χ4n) is 3.58. The minimum absolute atomic E-state index is 0.166. The standard InChI is InChI=1S/C20H31F2N3O2/c1-3-23-19(25-15-20(12-13-26-2)10-6-7-11-20)24-14-16-8-4-5-9-17(16)27-18(21)22/h4-5,8-9,18H,3,6-7,10-15H2,1-2H3,(H2,23,24,25). The molecule has 0 atom stereocenters. The lowest BCUT2D eigenvalue weighted by molar-refractivity contribution is -0.0504. The van der Waals surface area contributed by atoms with Crippen LogP contribution < -0.4 is 15.4 Å². The third-order valence-corrected chi connectivity index (χ3v) is 5.07. The predicted octanol–water partition coefficient (Wildman–Crippen LogP) is 3.94. The highest BCUT2D eigenvalue weighted by Crippen LogP contribution is 2.40. The molecule has 2 N–H and O–H groups in total. The molecule has 2 rings (SSSR count). The number of aliphatic imine (C=N–C) groups is 1. The average molecular weight is 383 g/mol. The van der Waals surface area contributed by atoms with Crippen LogP contribution in [0.15, 0.2) is 29.3 Å². The van der Waals surface area contributed by atoms with E-state index >= 15 is 0 Å². The molecule has 1 aliphatic carbocycles. The second kappa shape index (κ2) is 11.1. The molecule has 0 aliphatic heterocycles. The molecule has 1 saturated carbocycles. The number of nitrogens with one attached hydrogen (secondary N) is 2. The lowest BCUT2D eigenvalue weighted by Crippen LogP contribution is -2.43. The van der Waals surface area contributed by atoms with Crippen molar-refractivity contribution in [1.82, 2.24) is 10.6 Å². The quantitative estimate of drug-likeness (QED) is 0.475. The van der Waals surface area contributed by atoms with Crippen LogP contribution in [0.1, 0.15) is 44.6 Å². The number of para-hydroxylation sites is 1. The van der Waals surface area contributed by atoms with Gasteiger partial charge in [0, 0.05) is 32.4 Å². The Balaban J connectivity index is 2.02. The molecule has 0 heterocycles. The van der Waals surface area contributed by atoms with Gasteiger partial charge in [-0.05, 0) is 37.7 Å². The lowest BCUT2D eigenvalue weighted by atomic mass is 9.83. The Bertz CT molecular complexity index is 590. The smallest absolute Gasteiger partial charge is 0.387 e. The largest absolute Gasteiger partial charge is 0.434 e. The van der Waals surface area contributed by atoms with Gasteiger partial charge in [0.2, 0.25) is 0 Å².